The molecule has 1 aromatic heterocycles. The maximum absolute atomic E-state index is 11.3. The second kappa shape index (κ2) is 4.88. The Kier molecular flexibility index (Phi) is 3.06. The van der Waals surface area contributed by atoms with E-state index in [2.05, 4.69) is 10.00 Å². The summed E-state index contributed by atoms with van der Waals surface area (Å²) in [4.78, 5) is 13.4. The summed E-state index contributed by atoms with van der Waals surface area (Å²) < 4.78 is 6.99. The first kappa shape index (κ1) is 12.5. The van der Waals surface area contributed by atoms with Gasteiger partial charge in [0.15, 0.2) is 5.69 Å². The van der Waals surface area contributed by atoms with Gasteiger partial charge in [0.1, 0.15) is 12.4 Å². The molecule has 0 radical (unpaired) electrons. The van der Waals surface area contributed by atoms with E-state index in [-0.39, 0.29) is 5.69 Å². The summed E-state index contributed by atoms with van der Waals surface area (Å²) in [5.41, 5.74) is 1.92. The Balaban J connectivity index is 1.92. The van der Waals surface area contributed by atoms with E-state index in [0.717, 1.165) is 18.0 Å². The van der Waals surface area contributed by atoms with Gasteiger partial charge < -0.3 is 14.7 Å². The van der Waals surface area contributed by atoms with E-state index >= 15 is 0 Å². The maximum Gasteiger partial charge on any atom is 0.354 e. The molecule has 0 amide bonds. The quantitative estimate of drug-likeness (QED) is 0.918. The largest absolute Gasteiger partial charge is 0.490 e. The molecule has 6 nitrogen and oxygen atoms in total. The summed E-state index contributed by atoms with van der Waals surface area (Å²) in [6.07, 6.45) is 1.61. The minimum atomic E-state index is -0.957. The smallest absolute Gasteiger partial charge is 0.354 e. The Hall–Kier alpha value is -2.50. The summed E-state index contributed by atoms with van der Waals surface area (Å²) in [5, 5.41) is 13.3. The number of carboxylic acid groups (broad SMARTS) is 1. The summed E-state index contributed by atoms with van der Waals surface area (Å²) in [6, 6.07) is 7.77. The Bertz CT molecular complexity index is 651. The van der Waals surface area contributed by atoms with E-state index in [1.54, 1.807) is 13.2 Å². The van der Waals surface area contributed by atoms with Gasteiger partial charge in [-0.3, -0.25) is 4.68 Å². The van der Waals surface area contributed by atoms with Crippen LogP contribution in [0.5, 0.6) is 5.75 Å². The third kappa shape index (κ3) is 2.09. The molecular weight excluding hydrogens is 258 g/mol. The van der Waals surface area contributed by atoms with Crippen LogP contribution in [0.15, 0.2) is 30.5 Å². The number of anilines is 1. The summed E-state index contributed by atoms with van der Waals surface area (Å²) in [6.45, 7) is 1.83. The van der Waals surface area contributed by atoms with E-state index in [1.807, 2.05) is 24.3 Å². The molecular formula is C14H15N3O3. The number of aromatic carboxylic acids is 1. The molecule has 0 bridgehead atoms. The molecule has 3 rings (SSSR count). The molecule has 0 spiro atoms. The zero-order valence-corrected chi connectivity index (χ0v) is 11.1. The standard InChI is InChI=1S/C14H15N3O3/c1-16-13(14(18)19)10(8-15-16)9-17-6-7-20-12-5-3-2-4-11(12)17/h2-5,8H,6-7,9H2,1H3,(H,18,19). The lowest BCUT2D eigenvalue weighted by atomic mass is 10.2. The average Bonchev–Trinajstić information content (AvgIpc) is 2.80. The van der Waals surface area contributed by atoms with Crippen molar-refractivity contribution in [2.45, 2.75) is 6.54 Å². The third-order valence-electron chi connectivity index (χ3n) is 3.40. The number of carbonyl (C=O) groups is 1. The summed E-state index contributed by atoms with van der Waals surface area (Å²) >= 11 is 0. The van der Waals surface area contributed by atoms with Gasteiger partial charge >= 0.3 is 5.97 Å². The van der Waals surface area contributed by atoms with Crippen LogP contribution in [0.2, 0.25) is 0 Å². The van der Waals surface area contributed by atoms with Gasteiger partial charge in [-0.15, -0.1) is 0 Å². The van der Waals surface area contributed by atoms with Crippen molar-refractivity contribution in [3.63, 3.8) is 0 Å². The van der Waals surface area contributed by atoms with Crippen molar-refractivity contribution in [3.05, 3.63) is 41.7 Å². The maximum atomic E-state index is 11.3. The highest BCUT2D eigenvalue weighted by Crippen LogP contribution is 2.32. The molecule has 0 fully saturated rings. The number of benzene rings is 1. The highest BCUT2D eigenvalue weighted by Gasteiger charge is 2.22. The number of nitrogens with zero attached hydrogens (tertiary/aromatic N) is 3. The van der Waals surface area contributed by atoms with Gasteiger partial charge in [0.05, 0.1) is 18.4 Å². The number of carboxylic acids is 1. The molecule has 1 aliphatic rings. The van der Waals surface area contributed by atoms with Crippen molar-refractivity contribution in [2.24, 2.45) is 7.05 Å². The number of hydrogen-bond acceptors (Lipinski definition) is 4. The highest BCUT2D eigenvalue weighted by atomic mass is 16.5. The lowest BCUT2D eigenvalue weighted by molar-refractivity contribution is 0.0683. The molecule has 1 N–H and O–H groups in total. The molecule has 2 aromatic rings. The molecule has 1 aliphatic heterocycles. The first-order valence-electron chi connectivity index (χ1n) is 6.38. The van der Waals surface area contributed by atoms with E-state index in [4.69, 9.17) is 4.74 Å². The van der Waals surface area contributed by atoms with Crippen LogP contribution < -0.4 is 9.64 Å². The Labute approximate surface area is 116 Å². The van der Waals surface area contributed by atoms with Gasteiger partial charge in [-0.2, -0.15) is 5.10 Å². The second-order valence-electron chi connectivity index (χ2n) is 4.68. The lowest BCUT2D eigenvalue weighted by Gasteiger charge is -2.31. The van der Waals surface area contributed by atoms with Crippen molar-refractivity contribution < 1.29 is 14.6 Å². The van der Waals surface area contributed by atoms with Crippen LogP contribution in [0.1, 0.15) is 16.1 Å². The van der Waals surface area contributed by atoms with Gasteiger partial charge in [-0.05, 0) is 12.1 Å². The fourth-order valence-electron chi connectivity index (χ4n) is 2.47. The van der Waals surface area contributed by atoms with Crippen molar-refractivity contribution in [1.82, 2.24) is 9.78 Å². The predicted octanol–water partition coefficient (Wildman–Crippen LogP) is 1.52. The van der Waals surface area contributed by atoms with E-state index in [1.165, 1.54) is 4.68 Å². The van der Waals surface area contributed by atoms with Crippen molar-refractivity contribution in [2.75, 3.05) is 18.1 Å². The molecule has 20 heavy (non-hydrogen) atoms. The molecule has 2 heterocycles. The van der Waals surface area contributed by atoms with Crippen LogP contribution in [-0.4, -0.2) is 34.0 Å². The van der Waals surface area contributed by atoms with Crippen LogP contribution in [-0.2, 0) is 13.6 Å². The Morgan fingerprint density at radius 2 is 2.25 bits per heavy atom. The van der Waals surface area contributed by atoms with Gasteiger partial charge in [-0.1, -0.05) is 12.1 Å². The van der Waals surface area contributed by atoms with Crippen LogP contribution in [0.25, 0.3) is 0 Å². The molecule has 0 atom stereocenters. The molecule has 104 valence electrons. The summed E-state index contributed by atoms with van der Waals surface area (Å²) in [7, 11) is 1.64. The van der Waals surface area contributed by atoms with Gasteiger partial charge in [0.25, 0.3) is 0 Å². The van der Waals surface area contributed by atoms with E-state index in [0.29, 0.717) is 18.7 Å². The van der Waals surface area contributed by atoms with Gasteiger partial charge in [0.2, 0.25) is 0 Å². The number of fused-ring (bicyclic) bond motifs is 1. The fourth-order valence-corrected chi connectivity index (χ4v) is 2.47. The SMILES string of the molecule is Cn1ncc(CN2CCOc3ccccc32)c1C(=O)O. The van der Waals surface area contributed by atoms with Crippen LogP contribution >= 0.6 is 0 Å². The van der Waals surface area contributed by atoms with E-state index in [9.17, 15) is 9.90 Å². The fraction of sp³-hybridized carbons (Fsp3) is 0.286. The van der Waals surface area contributed by atoms with E-state index < -0.39 is 5.97 Å². The molecule has 0 saturated carbocycles. The number of hydrogen-bond donors (Lipinski definition) is 1. The Morgan fingerprint density at radius 1 is 1.45 bits per heavy atom. The number of aromatic nitrogens is 2. The zero-order chi connectivity index (χ0) is 14.1. The number of aryl methyl sites for hydroxylation is 1. The van der Waals surface area contributed by atoms with Gasteiger partial charge in [-0.25, -0.2) is 4.79 Å². The third-order valence-corrected chi connectivity index (χ3v) is 3.40. The molecule has 0 unspecified atom stereocenters. The lowest BCUT2D eigenvalue weighted by Crippen LogP contribution is -2.32. The van der Waals surface area contributed by atoms with Gasteiger partial charge in [0, 0.05) is 19.2 Å². The number of para-hydroxylation sites is 2. The molecule has 6 heteroatoms. The second-order valence-corrected chi connectivity index (χ2v) is 4.68. The predicted molar refractivity (Wildman–Crippen MR) is 73.2 cm³/mol. The van der Waals surface area contributed by atoms with Crippen molar-refractivity contribution in [3.8, 4) is 5.75 Å². The topological polar surface area (TPSA) is 67.6 Å². The molecule has 0 aliphatic carbocycles. The zero-order valence-electron chi connectivity index (χ0n) is 11.1. The normalized spacial score (nSPS) is 13.8. The van der Waals surface area contributed by atoms with Crippen molar-refractivity contribution in [1.29, 1.82) is 0 Å². The summed E-state index contributed by atoms with van der Waals surface area (Å²) in [5.74, 6) is -0.124. The Morgan fingerprint density at radius 3 is 3.05 bits per heavy atom. The monoisotopic (exact) mass is 273 g/mol. The molecule has 1 aromatic carbocycles. The molecule has 0 saturated heterocycles. The minimum absolute atomic E-state index is 0.231. The highest BCUT2D eigenvalue weighted by molar-refractivity contribution is 5.87. The average molecular weight is 273 g/mol. The first-order chi connectivity index (χ1) is 9.66. The van der Waals surface area contributed by atoms with Crippen molar-refractivity contribution >= 4 is 11.7 Å². The van der Waals surface area contributed by atoms with Crippen LogP contribution in [0.3, 0.4) is 0 Å². The first-order valence-corrected chi connectivity index (χ1v) is 6.38. The number of ether oxygens (including phenoxy) is 1. The van der Waals surface area contributed by atoms with Crippen LogP contribution in [0, 0.1) is 0 Å². The minimum Gasteiger partial charge on any atom is -0.490 e. The number of rotatable bonds is 3. The van der Waals surface area contributed by atoms with Crippen LogP contribution in [0.4, 0.5) is 5.69 Å².